The standard InChI is InChI=1S/C6H11NO3S2/c7-5(6(9)10)4-12-11-3-1-2-8/h2,5H,1,3-4,7H2,(H,9,10)/t5-/m0/s1. The Hall–Kier alpha value is -0.200. The van der Waals surface area contributed by atoms with Crippen LogP contribution in [0.3, 0.4) is 0 Å². The number of carbonyl (C=O) groups excluding carboxylic acids is 1. The van der Waals surface area contributed by atoms with Crippen molar-refractivity contribution in [3.8, 4) is 0 Å². The second-order valence-corrected chi connectivity index (χ2v) is 4.63. The predicted molar refractivity (Wildman–Crippen MR) is 51.2 cm³/mol. The molecule has 0 aromatic carbocycles. The van der Waals surface area contributed by atoms with E-state index in [0.717, 1.165) is 6.29 Å². The summed E-state index contributed by atoms with van der Waals surface area (Å²) in [5.74, 6) is 0.0952. The number of nitrogens with two attached hydrogens (primary N) is 1. The van der Waals surface area contributed by atoms with Crippen LogP contribution in [0, 0.1) is 0 Å². The Morgan fingerprint density at radius 2 is 2.25 bits per heavy atom. The SMILES string of the molecule is N[C@@H](CSSCCC=O)C(=O)O. The lowest BCUT2D eigenvalue weighted by atomic mass is 10.4. The highest BCUT2D eigenvalue weighted by molar-refractivity contribution is 8.76. The zero-order chi connectivity index (χ0) is 9.40. The van der Waals surface area contributed by atoms with Crippen molar-refractivity contribution >= 4 is 33.8 Å². The Balaban J connectivity index is 3.19. The van der Waals surface area contributed by atoms with Crippen molar-refractivity contribution in [1.82, 2.24) is 0 Å². The van der Waals surface area contributed by atoms with Gasteiger partial charge in [-0.2, -0.15) is 0 Å². The van der Waals surface area contributed by atoms with Crippen molar-refractivity contribution in [2.45, 2.75) is 12.5 Å². The van der Waals surface area contributed by atoms with Crippen molar-refractivity contribution in [3.05, 3.63) is 0 Å². The highest BCUT2D eigenvalue weighted by atomic mass is 33.1. The molecule has 0 aliphatic heterocycles. The van der Waals surface area contributed by atoms with Crippen LogP contribution in [0.25, 0.3) is 0 Å². The van der Waals surface area contributed by atoms with Crippen molar-refractivity contribution in [1.29, 1.82) is 0 Å². The fourth-order valence-corrected chi connectivity index (χ4v) is 2.41. The Morgan fingerprint density at radius 1 is 1.58 bits per heavy atom. The Labute approximate surface area is 78.7 Å². The van der Waals surface area contributed by atoms with Crippen LogP contribution in [0.2, 0.25) is 0 Å². The summed E-state index contributed by atoms with van der Waals surface area (Å²) in [5, 5.41) is 8.38. The molecule has 0 rings (SSSR count). The summed E-state index contributed by atoms with van der Waals surface area (Å²) in [7, 11) is 2.85. The minimum Gasteiger partial charge on any atom is -0.480 e. The fraction of sp³-hybridized carbons (Fsp3) is 0.667. The average molecular weight is 209 g/mol. The summed E-state index contributed by atoms with van der Waals surface area (Å²) < 4.78 is 0. The predicted octanol–water partition coefficient (Wildman–Crippen LogP) is 0.369. The number of hydrogen-bond donors (Lipinski definition) is 2. The van der Waals surface area contributed by atoms with Crippen LogP contribution < -0.4 is 5.73 Å². The van der Waals surface area contributed by atoms with Gasteiger partial charge in [-0.3, -0.25) is 4.79 Å². The quantitative estimate of drug-likeness (QED) is 0.358. The Kier molecular flexibility index (Phi) is 7.33. The number of carboxylic acid groups (broad SMARTS) is 1. The van der Waals surface area contributed by atoms with Crippen LogP contribution in [-0.4, -0.2) is 34.9 Å². The normalized spacial score (nSPS) is 12.4. The van der Waals surface area contributed by atoms with Gasteiger partial charge in [0.2, 0.25) is 0 Å². The molecule has 0 heterocycles. The molecule has 0 amide bonds. The first-order chi connectivity index (χ1) is 5.68. The third-order valence-electron chi connectivity index (χ3n) is 0.967. The zero-order valence-electron chi connectivity index (χ0n) is 6.43. The maximum atomic E-state index is 10.2. The van der Waals surface area contributed by atoms with Gasteiger partial charge in [-0.15, -0.1) is 0 Å². The lowest BCUT2D eigenvalue weighted by Crippen LogP contribution is -2.32. The molecule has 0 unspecified atom stereocenters. The molecule has 0 bridgehead atoms. The first kappa shape index (κ1) is 11.8. The van der Waals surface area contributed by atoms with E-state index in [1.54, 1.807) is 0 Å². The van der Waals surface area contributed by atoms with Gasteiger partial charge in [-0.05, 0) is 0 Å². The lowest BCUT2D eigenvalue weighted by molar-refractivity contribution is -0.137. The maximum absolute atomic E-state index is 10.2. The molecule has 0 aliphatic carbocycles. The molecule has 0 saturated carbocycles. The van der Waals surface area contributed by atoms with Crippen LogP contribution in [0.4, 0.5) is 0 Å². The Morgan fingerprint density at radius 3 is 2.75 bits per heavy atom. The van der Waals surface area contributed by atoms with Crippen LogP contribution >= 0.6 is 21.6 Å². The first-order valence-electron chi connectivity index (χ1n) is 3.35. The van der Waals surface area contributed by atoms with Gasteiger partial charge in [0.15, 0.2) is 0 Å². The summed E-state index contributed by atoms with van der Waals surface area (Å²) in [6, 6.07) is -0.807. The number of carbonyl (C=O) groups is 2. The van der Waals surface area contributed by atoms with Crippen molar-refractivity contribution in [2.75, 3.05) is 11.5 Å². The van der Waals surface area contributed by atoms with E-state index in [0.29, 0.717) is 17.9 Å². The topological polar surface area (TPSA) is 80.4 Å². The molecule has 0 fully saturated rings. The number of aldehydes is 1. The van der Waals surface area contributed by atoms with Crippen molar-refractivity contribution < 1.29 is 14.7 Å². The molecule has 70 valence electrons. The van der Waals surface area contributed by atoms with Crippen molar-refractivity contribution in [2.24, 2.45) is 5.73 Å². The number of carboxylic acids is 1. The molecule has 3 N–H and O–H groups in total. The second kappa shape index (κ2) is 7.45. The summed E-state index contributed by atoms with van der Waals surface area (Å²) >= 11 is 0. The highest BCUT2D eigenvalue weighted by Crippen LogP contribution is 2.21. The van der Waals surface area contributed by atoms with Crippen LogP contribution in [-0.2, 0) is 9.59 Å². The van der Waals surface area contributed by atoms with E-state index in [1.165, 1.54) is 21.6 Å². The minimum atomic E-state index is -0.988. The van der Waals surface area contributed by atoms with E-state index in [4.69, 9.17) is 10.8 Å². The molecule has 1 atom stereocenters. The largest absolute Gasteiger partial charge is 0.480 e. The monoisotopic (exact) mass is 209 g/mol. The van der Waals surface area contributed by atoms with Crippen LogP contribution in [0.15, 0.2) is 0 Å². The van der Waals surface area contributed by atoms with E-state index >= 15 is 0 Å². The first-order valence-corrected chi connectivity index (χ1v) is 5.83. The third kappa shape index (κ3) is 6.51. The van der Waals surface area contributed by atoms with Gasteiger partial charge in [0.05, 0.1) is 0 Å². The van der Waals surface area contributed by atoms with E-state index in [9.17, 15) is 9.59 Å². The smallest absolute Gasteiger partial charge is 0.321 e. The van der Waals surface area contributed by atoms with Crippen LogP contribution in [0.1, 0.15) is 6.42 Å². The molecule has 0 radical (unpaired) electrons. The molecule has 4 nitrogen and oxygen atoms in total. The summed E-state index contributed by atoms with van der Waals surface area (Å²) in [5.41, 5.74) is 5.23. The third-order valence-corrected chi connectivity index (χ3v) is 3.44. The van der Waals surface area contributed by atoms with Crippen LogP contribution in [0.5, 0.6) is 0 Å². The van der Waals surface area contributed by atoms with Gasteiger partial charge in [-0.25, -0.2) is 0 Å². The maximum Gasteiger partial charge on any atom is 0.321 e. The summed E-state index contributed by atoms with van der Waals surface area (Å²) in [6.07, 6.45) is 1.34. The minimum absolute atomic E-state index is 0.374. The molecule has 0 aromatic rings. The molecule has 0 spiro atoms. The molecule has 0 aromatic heterocycles. The number of rotatable bonds is 7. The van der Waals surface area contributed by atoms with E-state index in [-0.39, 0.29) is 0 Å². The molecular weight excluding hydrogens is 198 g/mol. The number of aliphatic carboxylic acids is 1. The van der Waals surface area contributed by atoms with E-state index in [2.05, 4.69) is 0 Å². The van der Waals surface area contributed by atoms with Gasteiger partial charge < -0.3 is 15.6 Å². The number of hydrogen-bond acceptors (Lipinski definition) is 5. The Bertz CT molecular complexity index is 154. The average Bonchev–Trinajstić information content (AvgIpc) is 2.03. The van der Waals surface area contributed by atoms with Gasteiger partial charge in [-0.1, -0.05) is 21.6 Å². The second-order valence-electron chi connectivity index (χ2n) is 2.01. The lowest BCUT2D eigenvalue weighted by Gasteiger charge is -2.03. The fourth-order valence-electron chi connectivity index (χ4n) is 0.348. The van der Waals surface area contributed by atoms with E-state index in [1.807, 2.05) is 0 Å². The summed E-state index contributed by atoms with van der Waals surface area (Å²) in [6.45, 7) is 0. The molecule has 0 aliphatic rings. The van der Waals surface area contributed by atoms with E-state index < -0.39 is 12.0 Å². The van der Waals surface area contributed by atoms with Gasteiger partial charge in [0.1, 0.15) is 12.3 Å². The highest BCUT2D eigenvalue weighted by Gasteiger charge is 2.10. The zero-order valence-corrected chi connectivity index (χ0v) is 8.07. The molecular formula is C6H11NO3S2. The van der Waals surface area contributed by atoms with Gasteiger partial charge in [0.25, 0.3) is 0 Å². The van der Waals surface area contributed by atoms with Gasteiger partial charge in [0, 0.05) is 17.9 Å². The van der Waals surface area contributed by atoms with Gasteiger partial charge >= 0.3 is 5.97 Å². The molecule has 12 heavy (non-hydrogen) atoms. The summed E-state index contributed by atoms with van der Waals surface area (Å²) in [4.78, 5) is 20.1. The van der Waals surface area contributed by atoms with Crippen molar-refractivity contribution in [3.63, 3.8) is 0 Å². The molecule has 6 heteroatoms. The molecule has 0 saturated heterocycles.